The predicted octanol–water partition coefficient (Wildman–Crippen LogP) is 2.40. The summed E-state index contributed by atoms with van der Waals surface area (Å²) in [6.07, 6.45) is 4.90. The highest BCUT2D eigenvalue weighted by atomic mass is 16.2. The van der Waals surface area contributed by atoms with E-state index in [9.17, 15) is 9.59 Å². The normalized spacial score (nSPS) is 15.4. The molecule has 1 saturated heterocycles. The van der Waals surface area contributed by atoms with Crippen LogP contribution >= 0.6 is 0 Å². The maximum Gasteiger partial charge on any atom is 0.309 e. The van der Waals surface area contributed by atoms with Crippen LogP contribution in [0.1, 0.15) is 23.5 Å². The van der Waals surface area contributed by atoms with Crippen LogP contribution in [0.25, 0.3) is 17.1 Å². The number of nitrogens with one attached hydrogen (secondary N) is 2. The van der Waals surface area contributed by atoms with Crippen molar-refractivity contribution in [2.75, 3.05) is 18.0 Å². The zero-order valence-corrected chi connectivity index (χ0v) is 18.9. The van der Waals surface area contributed by atoms with Gasteiger partial charge in [0, 0.05) is 31.0 Å². The summed E-state index contributed by atoms with van der Waals surface area (Å²) < 4.78 is 1.62. The van der Waals surface area contributed by atoms with Gasteiger partial charge in [0.1, 0.15) is 0 Å². The van der Waals surface area contributed by atoms with Gasteiger partial charge in [0.15, 0.2) is 5.82 Å². The third-order valence-electron chi connectivity index (χ3n) is 5.77. The molecule has 1 atom stereocenters. The Morgan fingerprint density at radius 3 is 2.34 bits per heavy atom. The number of para-hydroxylation sites is 1. The van der Waals surface area contributed by atoms with Crippen molar-refractivity contribution in [3.05, 3.63) is 84.9 Å². The molecule has 176 valence electrons. The van der Waals surface area contributed by atoms with Crippen molar-refractivity contribution < 1.29 is 9.59 Å². The Morgan fingerprint density at radius 1 is 0.886 bits per heavy atom. The second-order valence-electron chi connectivity index (χ2n) is 8.15. The Bertz CT molecular complexity index is 1240. The highest BCUT2D eigenvalue weighted by molar-refractivity contribution is 5.93. The lowest BCUT2D eigenvalue weighted by Crippen LogP contribution is -2.49. The number of nitrogens with zero attached hydrogens (tertiary/aromatic N) is 6. The topological polar surface area (TPSA) is 118 Å². The van der Waals surface area contributed by atoms with Crippen molar-refractivity contribution in [1.82, 2.24) is 35.6 Å². The third-order valence-corrected chi connectivity index (χ3v) is 5.77. The van der Waals surface area contributed by atoms with Gasteiger partial charge >= 0.3 is 5.91 Å². The molecule has 0 spiro atoms. The molecule has 5 rings (SSSR count). The van der Waals surface area contributed by atoms with Crippen LogP contribution in [0.5, 0.6) is 0 Å². The summed E-state index contributed by atoms with van der Waals surface area (Å²) in [5.41, 5.74) is 6.59. The molecular formula is C25H24N8O2. The van der Waals surface area contributed by atoms with E-state index in [-0.39, 0.29) is 17.6 Å². The number of piperidine rings is 1. The number of aromatic nitrogens is 5. The third kappa shape index (κ3) is 5.01. The number of benzene rings is 2. The van der Waals surface area contributed by atoms with E-state index in [1.165, 1.54) is 0 Å². The highest BCUT2D eigenvalue weighted by Gasteiger charge is 2.28. The van der Waals surface area contributed by atoms with E-state index < -0.39 is 5.91 Å². The number of hydrogen-bond acceptors (Lipinski definition) is 7. The van der Waals surface area contributed by atoms with Gasteiger partial charge in [0.05, 0.1) is 11.6 Å². The van der Waals surface area contributed by atoms with Gasteiger partial charge in [-0.3, -0.25) is 20.4 Å². The molecule has 2 amide bonds. The molecule has 10 nitrogen and oxygen atoms in total. The molecule has 3 heterocycles. The minimum absolute atomic E-state index is 0.0454. The summed E-state index contributed by atoms with van der Waals surface area (Å²) in [5.74, 6) is -0.0928. The SMILES string of the molecule is O=C(NNC(=O)C1CCCN(c2ncccn2)C1)c1nc(-c2ccccc2)n(-c2ccccc2)n1. The Kier molecular flexibility index (Phi) is 6.42. The summed E-state index contributed by atoms with van der Waals surface area (Å²) in [7, 11) is 0. The zero-order valence-electron chi connectivity index (χ0n) is 18.9. The van der Waals surface area contributed by atoms with Gasteiger partial charge < -0.3 is 4.90 Å². The predicted molar refractivity (Wildman–Crippen MR) is 129 cm³/mol. The highest BCUT2D eigenvalue weighted by Crippen LogP contribution is 2.22. The molecule has 2 N–H and O–H groups in total. The molecular weight excluding hydrogens is 444 g/mol. The summed E-state index contributed by atoms with van der Waals surface area (Å²) in [6.45, 7) is 1.26. The monoisotopic (exact) mass is 468 g/mol. The Balaban J connectivity index is 1.28. The Labute approximate surface area is 202 Å². The summed E-state index contributed by atoms with van der Waals surface area (Å²) in [6, 6.07) is 20.7. The van der Waals surface area contributed by atoms with Gasteiger partial charge in [-0.2, -0.15) is 0 Å². The fourth-order valence-electron chi connectivity index (χ4n) is 4.04. The van der Waals surface area contributed by atoms with Crippen molar-refractivity contribution in [2.24, 2.45) is 5.92 Å². The van der Waals surface area contributed by atoms with E-state index in [2.05, 4.69) is 30.9 Å². The smallest absolute Gasteiger partial charge is 0.309 e. The number of hydrogen-bond donors (Lipinski definition) is 2. The molecule has 0 aliphatic carbocycles. The second-order valence-corrected chi connectivity index (χ2v) is 8.15. The van der Waals surface area contributed by atoms with Crippen molar-refractivity contribution in [2.45, 2.75) is 12.8 Å². The number of carbonyl (C=O) groups is 2. The molecule has 4 aromatic rings. The van der Waals surface area contributed by atoms with Gasteiger partial charge in [-0.1, -0.05) is 48.5 Å². The lowest BCUT2D eigenvalue weighted by molar-refractivity contribution is -0.126. The number of hydrazine groups is 1. The molecule has 1 aliphatic rings. The molecule has 1 unspecified atom stereocenters. The van der Waals surface area contributed by atoms with E-state index in [0.717, 1.165) is 24.2 Å². The number of anilines is 1. The first-order chi connectivity index (χ1) is 17.2. The largest absolute Gasteiger partial charge is 0.340 e. The first-order valence-electron chi connectivity index (χ1n) is 11.4. The zero-order chi connectivity index (χ0) is 24.0. The average molecular weight is 469 g/mol. The van der Waals surface area contributed by atoms with Crippen LogP contribution in [0, 0.1) is 5.92 Å². The molecule has 1 fully saturated rings. The average Bonchev–Trinajstić information content (AvgIpc) is 3.39. The fourth-order valence-corrected chi connectivity index (χ4v) is 4.04. The van der Waals surface area contributed by atoms with Crippen molar-refractivity contribution in [3.8, 4) is 17.1 Å². The minimum Gasteiger partial charge on any atom is -0.340 e. The first-order valence-corrected chi connectivity index (χ1v) is 11.4. The molecule has 0 radical (unpaired) electrons. The maximum atomic E-state index is 12.9. The van der Waals surface area contributed by atoms with E-state index in [1.807, 2.05) is 65.6 Å². The molecule has 35 heavy (non-hydrogen) atoms. The lowest BCUT2D eigenvalue weighted by atomic mass is 9.98. The molecule has 2 aromatic carbocycles. The van der Waals surface area contributed by atoms with Gasteiger partial charge in [-0.25, -0.2) is 19.6 Å². The van der Waals surface area contributed by atoms with Crippen molar-refractivity contribution in [3.63, 3.8) is 0 Å². The first kappa shape index (κ1) is 22.2. The Morgan fingerprint density at radius 2 is 1.60 bits per heavy atom. The van der Waals surface area contributed by atoms with Crippen LogP contribution in [0.2, 0.25) is 0 Å². The van der Waals surface area contributed by atoms with E-state index in [4.69, 9.17) is 0 Å². The van der Waals surface area contributed by atoms with Crippen LogP contribution in [-0.4, -0.2) is 49.6 Å². The maximum absolute atomic E-state index is 12.9. The van der Waals surface area contributed by atoms with Gasteiger partial charge in [0.25, 0.3) is 0 Å². The van der Waals surface area contributed by atoms with Crippen LogP contribution in [0.15, 0.2) is 79.1 Å². The quantitative estimate of drug-likeness (QED) is 0.432. The summed E-state index contributed by atoms with van der Waals surface area (Å²) in [5, 5.41) is 4.42. The van der Waals surface area contributed by atoms with Crippen LogP contribution in [-0.2, 0) is 4.79 Å². The number of carbonyl (C=O) groups excluding carboxylic acids is 2. The Hall–Kier alpha value is -4.60. The van der Waals surface area contributed by atoms with Gasteiger partial charge in [-0.15, -0.1) is 5.10 Å². The van der Waals surface area contributed by atoms with E-state index in [1.54, 1.807) is 23.1 Å². The minimum atomic E-state index is -0.593. The fraction of sp³-hybridized carbons (Fsp3) is 0.200. The standard InChI is InChI=1S/C25H24N8O2/c34-23(19-11-7-16-32(17-19)25-26-14-8-15-27-25)29-30-24(35)21-28-22(18-9-3-1-4-10-18)33(31-21)20-12-5-2-6-13-20/h1-6,8-10,12-15,19H,7,11,16-17H2,(H,29,34)(H,30,35). The van der Waals surface area contributed by atoms with Crippen LogP contribution in [0.4, 0.5) is 5.95 Å². The van der Waals surface area contributed by atoms with E-state index in [0.29, 0.717) is 24.7 Å². The molecule has 10 heteroatoms. The van der Waals surface area contributed by atoms with Crippen LogP contribution < -0.4 is 15.8 Å². The molecule has 1 aliphatic heterocycles. The molecule has 0 saturated carbocycles. The van der Waals surface area contributed by atoms with Gasteiger partial charge in [0.2, 0.25) is 17.7 Å². The second kappa shape index (κ2) is 10.1. The number of rotatable bonds is 5. The molecule has 0 bridgehead atoms. The molecule has 2 aromatic heterocycles. The van der Waals surface area contributed by atoms with Gasteiger partial charge in [-0.05, 0) is 31.0 Å². The summed E-state index contributed by atoms with van der Waals surface area (Å²) in [4.78, 5) is 40.6. The summed E-state index contributed by atoms with van der Waals surface area (Å²) >= 11 is 0. The van der Waals surface area contributed by atoms with Crippen molar-refractivity contribution >= 4 is 17.8 Å². The van der Waals surface area contributed by atoms with Crippen molar-refractivity contribution in [1.29, 1.82) is 0 Å². The van der Waals surface area contributed by atoms with E-state index >= 15 is 0 Å². The van der Waals surface area contributed by atoms with Crippen LogP contribution in [0.3, 0.4) is 0 Å². The number of amides is 2. The lowest BCUT2D eigenvalue weighted by Gasteiger charge is -2.31.